The highest BCUT2D eigenvalue weighted by Crippen LogP contribution is 2.31. The maximum absolute atomic E-state index is 10.5. The van der Waals surface area contributed by atoms with Crippen molar-refractivity contribution in [3.8, 4) is 16.9 Å². The summed E-state index contributed by atoms with van der Waals surface area (Å²) in [5, 5.41) is 10.5. The Labute approximate surface area is 160 Å². The van der Waals surface area contributed by atoms with Crippen molar-refractivity contribution in [2.75, 3.05) is 18.1 Å². The van der Waals surface area contributed by atoms with Gasteiger partial charge in [-0.3, -0.25) is 0 Å². The van der Waals surface area contributed by atoms with E-state index in [1.165, 1.54) is 16.8 Å². The molecular weight excluding hydrogens is 334 g/mol. The minimum Gasteiger partial charge on any atom is -0.491 e. The second-order valence-corrected chi connectivity index (χ2v) is 7.19. The molecular formula is C24H25NO2. The Bertz CT molecular complexity index is 876. The summed E-state index contributed by atoms with van der Waals surface area (Å²) < 4.78 is 5.82. The molecule has 4 rings (SSSR count). The fourth-order valence-electron chi connectivity index (χ4n) is 3.75. The van der Waals surface area contributed by atoms with Gasteiger partial charge in [0.15, 0.2) is 0 Å². The number of β-amino-alcohol motifs (C(OH)–C–C–N with tert-alkyl or cyclic N) is 1. The smallest absolute Gasteiger partial charge is 0.119 e. The van der Waals surface area contributed by atoms with Crippen LogP contribution in [0.3, 0.4) is 0 Å². The molecule has 0 amide bonds. The normalized spacial score (nSPS) is 16.8. The predicted molar refractivity (Wildman–Crippen MR) is 110 cm³/mol. The lowest BCUT2D eigenvalue weighted by atomic mass is 10.1. The molecule has 0 unspecified atom stereocenters. The molecule has 3 nitrogen and oxygen atoms in total. The Morgan fingerprint density at radius 3 is 2.37 bits per heavy atom. The molecule has 1 N–H and O–H groups in total. The fourth-order valence-corrected chi connectivity index (χ4v) is 3.75. The van der Waals surface area contributed by atoms with Gasteiger partial charge in [0.25, 0.3) is 0 Å². The van der Waals surface area contributed by atoms with Gasteiger partial charge >= 0.3 is 0 Å². The number of nitrogens with zero attached hydrogens (tertiary/aromatic N) is 1. The summed E-state index contributed by atoms with van der Waals surface area (Å²) in [7, 11) is 0. The minimum absolute atomic E-state index is 0.288. The van der Waals surface area contributed by atoms with Crippen molar-refractivity contribution >= 4 is 5.69 Å². The second-order valence-electron chi connectivity index (χ2n) is 7.19. The SMILES string of the molecule is C[C@H]1Cc2ccccc2N1C[C@H](O)COc1ccc(-c2ccccc2)cc1. The van der Waals surface area contributed by atoms with Crippen LogP contribution in [0.2, 0.25) is 0 Å². The zero-order valence-electron chi connectivity index (χ0n) is 15.6. The van der Waals surface area contributed by atoms with Gasteiger partial charge in [0.05, 0.1) is 0 Å². The molecule has 1 aliphatic rings. The molecule has 3 heteroatoms. The van der Waals surface area contributed by atoms with E-state index >= 15 is 0 Å². The fraction of sp³-hybridized carbons (Fsp3) is 0.250. The molecule has 0 saturated carbocycles. The van der Waals surface area contributed by atoms with Crippen LogP contribution in [0.15, 0.2) is 78.9 Å². The van der Waals surface area contributed by atoms with E-state index in [0.717, 1.165) is 17.7 Å². The van der Waals surface area contributed by atoms with Gasteiger partial charge in [0.1, 0.15) is 18.5 Å². The Morgan fingerprint density at radius 2 is 1.59 bits per heavy atom. The zero-order valence-corrected chi connectivity index (χ0v) is 15.6. The highest BCUT2D eigenvalue weighted by atomic mass is 16.5. The topological polar surface area (TPSA) is 32.7 Å². The van der Waals surface area contributed by atoms with E-state index in [1.54, 1.807) is 0 Å². The van der Waals surface area contributed by atoms with Crippen LogP contribution in [0.25, 0.3) is 11.1 Å². The minimum atomic E-state index is -0.535. The van der Waals surface area contributed by atoms with Crippen molar-refractivity contribution in [3.05, 3.63) is 84.4 Å². The number of ether oxygens (including phenoxy) is 1. The molecule has 27 heavy (non-hydrogen) atoms. The summed E-state index contributed by atoms with van der Waals surface area (Å²) in [6.07, 6.45) is 0.498. The van der Waals surface area contributed by atoms with Crippen molar-refractivity contribution in [2.45, 2.75) is 25.5 Å². The van der Waals surface area contributed by atoms with Gasteiger partial charge in [0.2, 0.25) is 0 Å². The van der Waals surface area contributed by atoms with E-state index in [9.17, 15) is 5.11 Å². The standard InChI is InChI=1S/C24H25NO2/c1-18-15-21-9-5-6-10-24(21)25(18)16-22(26)17-27-23-13-11-20(12-14-23)19-7-3-2-4-8-19/h2-14,18,22,26H,15-17H2,1H3/t18-,22-/m0/s1. The number of anilines is 1. The highest BCUT2D eigenvalue weighted by Gasteiger charge is 2.27. The molecule has 0 radical (unpaired) electrons. The maximum Gasteiger partial charge on any atom is 0.119 e. The second kappa shape index (κ2) is 7.85. The van der Waals surface area contributed by atoms with Crippen LogP contribution in [0, 0.1) is 0 Å². The third-order valence-electron chi connectivity index (χ3n) is 5.16. The molecule has 1 heterocycles. The number of hydrogen-bond acceptors (Lipinski definition) is 3. The molecule has 0 aromatic heterocycles. The van der Waals surface area contributed by atoms with E-state index in [-0.39, 0.29) is 6.61 Å². The van der Waals surface area contributed by atoms with Crippen LogP contribution in [0.5, 0.6) is 5.75 Å². The van der Waals surface area contributed by atoms with Crippen molar-refractivity contribution in [2.24, 2.45) is 0 Å². The maximum atomic E-state index is 10.5. The molecule has 2 atom stereocenters. The van der Waals surface area contributed by atoms with Crippen molar-refractivity contribution < 1.29 is 9.84 Å². The van der Waals surface area contributed by atoms with Gasteiger partial charge in [-0.25, -0.2) is 0 Å². The summed E-state index contributed by atoms with van der Waals surface area (Å²) >= 11 is 0. The number of aliphatic hydroxyl groups excluding tert-OH is 1. The molecule has 0 aliphatic carbocycles. The highest BCUT2D eigenvalue weighted by molar-refractivity contribution is 5.64. The monoisotopic (exact) mass is 359 g/mol. The van der Waals surface area contributed by atoms with Crippen LogP contribution in [-0.4, -0.2) is 30.4 Å². The molecule has 3 aromatic rings. The lowest BCUT2D eigenvalue weighted by Crippen LogP contribution is -2.39. The lowest BCUT2D eigenvalue weighted by molar-refractivity contribution is 0.111. The number of hydrogen-bond donors (Lipinski definition) is 1. The van der Waals surface area contributed by atoms with E-state index in [0.29, 0.717) is 12.6 Å². The van der Waals surface area contributed by atoms with Gasteiger partial charge in [0, 0.05) is 18.3 Å². The first kappa shape index (κ1) is 17.6. The summed E-state index contributed by atoms with van der Waals surface area (Å²) in [5.41, 5.74) is 4.93. The Balaban J connectivity index is 1.34. The first-order chi connectivity index (χ1) is 13.2. The van der Waals surface area contributed by atoms with Crippen LogP contribution in [0.1, 0.15) is 12.5 Å². The average molecular weight is 359 g/mol. The molecule has 138 valence electrons. The predicted octanol–water partition coefficient (Wildman–Crippen LogP) is 4.54. The van der Waals surface area contributed by atoms with E-state index in [1.807, 2.05) is 30.3 Å². The van der Waals surface area contributed by atoms with E-state index in [4.69, 9.17) is 4.74 Å². The van der Waals surface area contributed by atoms with Gasteiger partial charge in [-0.15, -0.1) is 0 Å². The summed E-state index contributed by atoms with van der Waals surface area (Å²) in [6.45, 7) is 3.08. The quantitative estimate of drug-likeness (QED) is 0.701. The zero-order chi connectivity index (χ0) is 18.6. The molecule has 1 aliphatic heterocycles. The molecule has 0 saturated heterocycles. The van der Waals surface area contributed by atoms with Crippen molar-refractivity contribution in [1.82, 2.24) is 0 Å². The van der Waals surface area contributed by atoms with Crippen molar-refractivity contribution in [3.63, 3.8) is 0 Å². The largest absolute Gasteiger partial charge is 0.491 e. The Morgan fingerprint density at radius 1 is 0.926 bits per heavy atom. The Kier molecular flexibility index (Phi) is 5.12. The number of benzene rings is 3. The van der Waals surface area contributed by atoms with Crippen LogP contribution in [-0.2, 0) is 6.42 Å². The van der Waals surface area contributed by atoms with Gasteiger partial charge < -0.3 is 14.7 Å². The van der Waals surface area contributed by atoms with Crippen LogP contribution in [0.4, 0.5) is 5.69 Å². The third-order valence-corrected chi connectivity index (χ3v) is 5.16. The molecule has 3 aromatic carbocycles. The average Bonchev–Trinajstić information content (AvgIpc) is 3.03. The lowest BCUT2D eigenvalue weighted by Gasteiger charge is -2.27. The summed E-state index contributed by atoms with van der Waals surface area (Å²) in [5.74, 6) is 0.781. The summed E-state index contributed by atoms with van der Waals surface area (Å²) in [6, 6.07) is 27.1. The number of fused-ring (bicyclic) bond motifs is 1. The van der Waals surface area contributed by atoms with Gasteiger partial charge in [-0.05, 0) is 48.2 Å². The van der Waals surface area contributed by atoms with Crippen LogP contribution >= 0.6 is 0 Å². The van der Waals surface area contributed by atoms with Gasteiger partial charge in [-0.2, -0.15) is 0 Å². The number of rotatable bonds is 6. The van der Waals surface area contributed by atoms with E-state index < -0.39 is 6.10 Å². The van der Waals surface area contributed by atoms with E-state index in [2.05, 4.69) is 60.4 Å². The third kappa shape index (κ3) is 3.99. The molecule has 0 bridgehead atoms. The van der Waals surface area contributed by atoms with Gasteiger partial charge in [-0.1, -0.05) is 60.7 Å². The molecule has 0 spiro atoms. The van der Waals surface area contributed by atoms with Crippen molar-refractivity contribution in [1.29, 1.82) is 0 Å². The number of para-hydroxylation sites is 1. The Hall–Kier alpha value is -2.78. The first-order valence-corrected chi connectivity index (χ1v) is 9.51. The van der Waals surface area contributed by atoms with Crippen LogP contribution < -0.4 is 9.64 Å². The summed E-state index contributed by atoms with van der Waals surface area (Å²) in [4.78, 5) is 2.28. The first-order valence-electron chi connectivity index (χ1n) is 9.51. The number of aliphatic hydroxyl groups is 1. The molecule has 0 fully saturated rings.